The zero-order valence-electron chi connectivity index (χ0n) is 17.2. The van der Waals surface area contributed by atoms with Crippen molar-refractivity contribution in [3.8, 4) is 17.2 Å². The van der Waals surface area contributed by atoms with Crippen LogP contribution in [0.5, 0.6) is 17.2 Å². The maximum atomic E-state index is 13.0. The van der Waals surface area contributed by atoms with Crippen molar-refractivity contribution < 1.29 is 19.0 Å². The lowest BCUT2D eigenvalue weighted by Gasteiger charge is -2.16. The van der Waals surface area contributed by atoms with Gasteiger partial charge in [-0.2, -0.15) is 0 Å². The van der Waals surface area contributed by atoms with Crippen LogP contribution in [0, 0.1) is 6.92 Å². The summed E-state index contributed by atoms with van der Waals surface area (Å²) in [5.41, 5.74) is 3.39. The van der Waals surface area contributed by atoms with E-state index in [1.165, 1.54) is 21.3 Å². The number of methoxy groups -OCH3 is 3. The summed E-state index contributed by atoms with van der Waals surface area (Å²) in [6.07, 6.45) is 0. The summed E-state index contributed by atoms with van der Waals surface area (Å²) in [6.45, 7) is 1.92. The molecular weight excluding hydrogens is 404 g/mol. The Hall–Kier alpha value is -3.38. The Morgan fingerprint density at radius 1 is 0.867 bits per heavy atom. The fourth-order valence-electron chi connectivity index (χ4n) is 3.03. The third-order valence-corrected chi connectivity index (χ3v) is 5.04. The normalized spacial score (nSPS) is 10.3. The molecular formula is C23H23ClN2O4. The van der Waals surface area contributed by atoms with Crippen LogP contribution in [-0.4, -0.2) is 27.2 Å². The largest absolute Gasteiger partial charge is 0.493 e. The van der Waals surface area contributed by atoms with Gasteiger partial charge in [0.1, 0.15) is 0 Å². The van der Waals surface area contributed by atoms with Gasteiger partial charge in [0.2, 0.25) is 5.75 Å². The molecule has 0 radical (unpaired) electrons. The van der Waals surface area contributed by atoms with E-state index < -0.39 is 0 Å². The van der Waals surface area contributed by atoms with Gasteiger partial charge in [0.05, 0.1) is 32.6 Å². The second-order valence-corrected chi connectivity index (χ2v) is 6.86. The van der Waals surface area contributed by atoms with Gasteiger partial charge in [0.25, 0.3) is 5.91 Å². The molecule has 3 aromatic carbocycles. The molecule has 0 aliphatic carbocycles. The molecule has 6 nitrogen and oxygen atoms in total. The van der Waals surface area contributed by atoms with Gasteiger partial charge in [-0.15, -0.1) is 0 Å². The van der Waals surface area contributed by atoms with E-state index in [9.17, 15) is 4.79 Å². The van der Waals surface area contributed by atoms with Gasteiger partial charge < -0.3 is 24.8 Å². The summed E-state index contributed by atoms with van der Waals surface area (Å²) in [6, 6.07) is 16.2. The molecule has 0 atom stereocenters. The van der Waals surface area contributed by atoms with Gasteiger partial charge in [-0.3, -0.25) is 4.79 Å². The van der Waals surface area contributed by atoms with Crippen molar-refractivity contribution in [2.24, 2.45) is 0 Å². The Bertz CT molecular complexity index is 1040. The van der Waals surface area contributed by atoms with Crippen molar-refractivity contribution in [1.29, 1.82) is 0 Å². The first-order chi connectivity index (χ1) is 14.5. The maximum Gasteiger partial charge on any atom is 0.257 e. The molecule has 3 aromatic rings. The molecule has 0 spiro atoms. The number of carbonyl (C=O) groups is 1. The summed E-state index contributed by atoms with van der Waals surface area (Å²) >= 11 is 6.22. The summed E-state index contributed by atoms with van der Waals surface area (Å²) in [5.74, 6) is 1.07. The summed E-state index contributed by atoms with van der Waals surface area (Å²) in [4.78, 5) is 13.0. The third-order valence-electron chi connectivity index (χ3n) is 4.63. The summed E-state index contributed by atoms with van der Waals surface area (Å²) in [7, 11) is 4.57. The molecule has 0 heterocycles. The van der Waals surface area contributed by atoms with Crippen LogP contribution >= 0.6 is 11.6 Å². The maximum absolute atomic E-state index is 13.0. The molecule has 0 aliphatic rings. The van der Waals surface area contributed by atoms with Gasteiger partial charge in [-0.1, -0.05) is 29.8 Å². The Kier molecular flexibility index (Phi) is 6.69. The molecule has 30 heavy (non-hydrogen) atoms. The predicted octanol–water partition coefficient (Wildman–Crippen LogP) is 5.67. The number of halogens is 1. The van der Waals surface area contributed by atoms with Crippen LogP contribution in [0.2, 0.25) is 5.02 Å². The van der Waals surface area contributed by atoms with Crippen molar-refractivity contribution in [2.75, 3.05) is 32.0 Å². The van der Waals surface area contributed by atoms with E-state index in [-0.39, 0.29) is 5.91 Å². The van der Waals surface area contributed by atoms with E-state index in [2.05, 4.69) is 10.6 Å². The lowest BCUT2D eigenvalue weighted by molar-refractivity contribution is 0.102. The highest BCUT2D eigenvalue weighted by molar-refractivity contribution is 6.31. The minimum absolute atomic E-state index is 0.285. The molecule has 0 aromatic heterocycles. The Labute approximate surface area is 180 Å². The molecule has 3 rings (SSSR count). The quantitative estimate of drug-likeness (QED) is 0.509. The molecule has 0 unspecified atom stereocenters. The fourth-order valence-corrected chi connectivity index (χ4v) is 3.20. The summed E-state index contributed by atoms with van der Waals surface area (Å²) in [5, 5.41) is 6.84. The topological polar surface area (TPSA) is 68.8 Å². The van der Waals surface area contributed by atoms with Crippen LogP contribution in [0.1, 0.15) is 15.9 Å². The number of benzene rings is 3. The average molecular weight is 427 g/mol. The SMILES string of the molecule is COc1cc(NC(=O)c2ccccc2Nc2cccc(Cl)c2C)cc(OC)c1OC. The van der Waals surface area contributed by atoms with E-state index in [0.29, 0.717) is 39.2 Å². The van der Waals surface area contributed by atoms with Gasteiger partial charge >= 0.3 is 0 Å². The minimum atomic E-state index is -0.285. The van der Waals surface area contributed by atoms with E-state index in [1.807, 2.05) is 37.3 Å². The summed E-state index contributed by atoms with van der Waals surface area (Å²) < 4.78 is 16.0. The molecule has 2 N–H and O–H groups in total. The highest BCUT2D eigenvalue weighted by atomic mass is 35.5. The Balaban J connectivity index is 1.91. The Morgan fingerprint density at radius 3 is 2.13 bits per heavy atom. The molecule has 0 fully saturated rings. The number of nitrogens with one attached hydrogen (secondary N) is 2. The number of para-hydroxylation sites is 1. The van der Waals surface area contributed by atoms with E-state index in [4.69, 9.17) is 25.8 Å². The first-order valence-corrected chi connectivity index (χ1v) is 9.58. The lowest BCUT2D eigenvalue weighted by Crippen LogP contribution is -2.14. The highest BCUT2D eigenvalue weighted by Crippen LogP contribution is 2.40. The van der Waals surface area contributed by atoms with Crippen molar-refractivity contribution in [2.45, 2.75) is 6.92 Å². The number of ether oxygens (including phenoxy) is 3. The van der Waals surface area contributed by atoms with Crippen LogP contribution < -0.4 is 24.8 Å². The van der Waals surface area contributed by atoms with Crippen molar-refractivity contribution in [3.05, 3.63) is 70.7 Å². The monoisotopic (exact) mass is 426 g/mol. The van der Waals surface area contributed by atoms with Crippen molar-refractivity contribution in [1.82, 2.24) is 0 Å². The molecule has 156 valence electrons. The number of carbonyl (C=O) groups excluding carboxylic acids is 1. The predicted molar refractivity (Wildman–Crippen MR) is 120 cm³/mol. The van der Waals surface area contributed by atoms with Crippen molar-refractivity contribution >= 4 is 34.6 Å². The molecule has 7 heteroatoms. The lowest BCUT2D eigenvalue weighted by atomic mass is 10.1. The molecule has 0 aliphatic heterocycles. The van der Waals surface area contributed by atoms with E-state index >= 15 is 0 Å². The van der Waals surface area contributed by atoms with Crippen LogP contribution in [0.25, 0.3) is 0 Å². The number of amides is 1. The Morgan fingerprint density at radius 2 is 1.50 bits per heavy atom. The highest BCUT2D eigenvalue weighted by Gasteiger charge is 2.17. The zero-order chi connectivity index (χ0) is 21.7. The molecule has 0 bridgehead atoms. The first kappa shape index (κ1) is 21.3. The van der Waals surface area contributed by atoms with Gasteiger partial charge in [-0.25, -0.2) is 0 Å². The van der Waals surface area contributed by atoms with E-state index in [1.54, 1.807) is 24.3 Å². The standard InChI is InChI=1S/C23H23ClN2O4/c1-14-17(24)9-7-11-18(14)26-19-10-6-5-8-16(19)23(27)25-15-12-20(28-2)22(30-4)21(13-15)29-3/h5-13,26H,1-4H3,(H,25,27). The number of rotatable bonds is 7. The van der Waals surface area contributed by atoms with Crippen LogP contribution in [0.4, 0.5) is 17.1 Å². The van der Waals surface area contributed by atoms with Gasteiger partial charge in [-0.05, 0) is 36.8 Å². The van der Waals surface area contributed by atoms with Gasteiger partial charge in [0, 0.05) is 28.5 Å². The smallest absolute Gasteiger partial charge is 0.257 e. The average Bonchev–Trinajstić information content (AvgIpc) is 2.76. The van der Waals surface area contributed by atoms with Crippen LogP contribution in [-0.2, 0) is 0 Å². The second-order valence-electron chi connectivity index (χ2n) is 6.45. The third kappa shape index (κ3) is 4.44. The molecule has 0 saturated carbocycles. The zero-order valence-corrected chi connectivity index (χ0v) is 18.0. The first-order valence-electron chi connectivity index (χ1n) is 9.21. The molecule has 0 saturated heterocycles. The second kappa shape index (κ2) is 9.41. The molecule has 1 amide bonds. The fraction of sp³-hybridized carbons (Fsp3) is 0.174. The van der Waals surface area contributed by atoms with E-state index in [0.717, 1.165) is 11.3 Å². The van der Waals surface area contributed by atoms with Gasteiger partial charge in [0.15, 0.2) is 11.5 Å². The van der Waals surface area contributed by atoms with Crippen LogP contribution in [0.15, 0.2) is 54.6 Å². The van der Waals surface area contributed by atoms with Crippen molar-refractivity contribution in [3.63, 3.8) is 0 Å². The number of hydrogen-bond donors (Lipinski definition) is 2. The van der Waals surface area contributed by atoms with Crippen LogP contribution in [0.3, 0.4) is 0 Å². The number of hydrogen-bond acceptors (Lipinski definition) is 5. The minimum Gasteiger partial charge on any atom is -0.493 e. The number of anilines is 3.